The van der Waals surface area contributed by atoms with Gasteiger partial charge < -0.3 is 4.52 Å². The summed E-state index contributed by atoms with van der Waals surface area (Å²) in [4.78, 5) is 0. The van der Waals surface area contributed by atoms with Gasteiger partial charge in [0.15, 0.2) is 0 Å². The fourth-order valence-electron chi connectivity index (χ4n) is 1.31. The molecule has 0 aliphatic rings. The Labute approximate surface area is 98.9 Å². The summed E-state index contributed by atoms with van der Waals surface area (Å²) in [5.74, 6) is 1.97. The van der Waals surface area contributed by atoms with E-state index < -0.39 is 6.85 Å². The van der Waals surface area contributed by atoms with Crippen molar-refractivity contribution in [3.05, 3.63) is 0 Å². The first-order valence-corrected chi connectivity index (χ1v) is 8.25. The van der Waals surface area contributed by atoms with Gasteiger partial charge in [-0.1, -0.05) is 34.1 Å². The van der Waals surface area contributed by atoms with E-state index in [4.69, 9.17) is 27.0 Å². The van der Waals surface area contributed by atoms with Crippen molar-refractivity contribution in [3.63, 3.8) is 0 Å². The summed E-state index contributed by atoms with van der Waals surface area (Å²) in [5, 5.41) is 0. The van der Waals surface area contributed by atoms with Crippen molar-refractivity contribution >= 4 is 29.3 Å². The van der Waals surface area contributed by atoms with Crippen LogP contribution in [0.3, 0.4) is 0 Å². The maximum absolute atomic E-state index is 5.60. The summed E-state index contributed by atoms with van der Waals surface area (Å²) in [6.07, 6.45) is 2.45. The lowest BCUT2D eigenvalue weighted by atomic mass is 9.89. The standard InChI is InChI=1S/C10H21Cl2OP/c1-8(2)5-6-10(9(3)4)7-13-14(11)12/h8-10H,5-7H2,1-4H3/t10-/m1/s1. The molecule has 0 bridgehead atoms. The zero-order valence-electron chi connectivity index (χ0n) is 9.46. The van der Waals surface area contributed by atoms with Gasteiger partial charge in [0.25, 0.3) is 0 Å². The van der Waals surface area contributed by atoms with Crippen LogP contribution in [-0.4, -0.2) is 6.61 Å². The third-order valence-corrected chi connectivity index (χ3v) is 3.37. The van der Waals surface area contributed by atoms with Crippen LogP contribution in [0.5, 0.6) is 0 Å². The smallest absolute Gasteiger partial charge is 0.225 e. The summed E-state index contributed by atoms with van der Waals surface area (Å²) in [6, 6.07) is 0. The number of hydrogen-bond acceptors (Lipinski definition) is 1. The van der Waals surface area contributed by atoms with Crippen molar-refractivity contribution in [2.75, 3.05) is 6.61 Å². The largest absolute Gasteiger partial charge is 0.331 e. The Hall–Kier alpha value is 0.970. The van der Waals surface area contributed by atoms with E-state index in [9.17, 15) is 0 Å². The molecule has 0 fully saturated rings. The molecule has 0 amide bonds. The second-order valence-corrected chi connectivity index (χ2v) is 7.50. The molecule has 0 N–H and O–H groups in total. The van der Waals surface area contributed by atoms with E-state index in [2.05, 4.69) is 27.7 Å². The second kappa shape index (κ2) is 8.16. The zero-order valence-corrected chi connectivity index (χ0v) is 11.9. The maximum Gasteiger partial charge on any atom is 0.225 e. The SMILES string of the molecule is CC(C)CC[C@H](COP(Cl)Cl)C(C)C. The van der Waals surface area contributed by atoms with Crippen molar-refractivity contribution in [1.29, 1.82) is 0 Å². The molecule has 86 valence electrons. The average molecular weight is 259 g/mol. The van der Waals surface area contributed by atoms with Crippen molar-refractivity contribution in [2.24, 2.45) is 17.8 Å². The molecule has 1 nitrogen and oxygen atoms in total. The topological polar surface area (TPSA) is 9.23 Å². The molecular formula is C10H21Cl2OP. The Morgan fingerprint density at radius 2 is 1.64 bits per heavy atom. The molecule has 1 atom stereocenters. The van der Waals surface area contributed by atoms with Crippen molar-refractivity contribution in [1.82, 2.24) is 0 Å². The first-order chi connectivity index (χ1) is 6.43. The molecule has 0 aromatic rings. The van der Waals surface area contributed by atoms with Gasteiger partial charge in [0, 0.05) is 0 Å². The Morgan fingerprint density at radius 3 is 2.00 bits per heavy atom. The van der Waals surface area contributed by atoms with Crippen LogP contribution in [0, 0.1) is 17.8 Å². The van der Waals surface area contributed by atoms with Gasteiger partial charge in [0.2, 0.25) is 6.85 Å². The highest BCUT2D eigenvalue weighted by Crippen LogP contribution is 2.48. The number of hydrogen-bond donors (Lipinski definition) is 0. The Bertz CT molecular complexity index is 128. The lowest BCUT2D eigenvalue weighted by Crippen LogP contribution is -2.15. The molecule has 0 saturated heterocycles. The second-order valence-electron chi connectivity index (χ2n) is 4.47. The minimum absolute atomic E-state index is 0.583. The highest BCUT2D eigenvalue weighted by Gasteiger charge is 2.15. The van der Waals surface area contributed by atoms with Crippen LogP contribution >= 0.6 is 29.3 Å². The molecule has 0 rings (SSSR count). The molecular weight excluding hydrogens is 238 g/mol. The van der Waals surface area contributed by atoms with E-state index in [0.29, 0.717) is 18.4 Å². The summed E-state index contributed by atoms with van der Waals surface area (Å²) in [5.41, 5.74) is 0. The zero-order chi connectivity index (χ0) is 11.1. The van der Waals surface area contributed by atoms with Gasteiger partial charge in [-0.05, 0) is 46.7 Å². The van der Waals surface area contributed by atoms with Crippen LogP contribution in [0.2, 0.25) is 0 Å². The van der Waals surface area contributed by atoms with Gasteiger partial charge in [-0.2, -0.15) is 0 Å². The van der Waals surface area contributed by atoms with E-state index in [1.54, 1.807) is 0 Å². The highest BCUT2D eigenvalue weighted by atomic mass is 35.9. The van der Waals surface area contributed by atoms with Crippen molar-refractivity contribution in [2.45, 2.75) is 40.5 Å². The molecule has 0 aromatic carbocycles. The summed E-state index contributed by atoms with van der Waals surface area (Å²) >= 11 is 11.2. The Morgan fingerprint density at radius 1 is 1.07 bits per heavy atom. The molecule has 0 spiro atoms. The predicted molar refractivity (Wildman–Crippen MR) is 67.0 cm³/mol. The van der Waals surface area contributed by atoms with Gasteiger partial charge in [0.1, 0.15) is 0 Å². The van der Waals surface area contributed by atoms with E-state index in [1.807, 2.05) is 0 Å². The predicted octanol–water partition coefficient (Wildman–Crippen LogP) is 5.42. The van der Waals surface area contributed by atoms with Crippen LogP contribution < -0.4 is 0 Å². The molecule has 4 heteroatoms. The molecule has 0 unspecified atom stereocenters. The summed E-state index contributed by atoms with van der Waals surface area (Å²) in [7, 11) is 0. The molecule has 14 heavy (non-hydrogen) atoms. The van der Waals surface area contributed by atoms with Gasteiger partial charge >= 0.3 is 0 Å². The number of rotatable bonds is 7. The quantitative estimate of drug-likeness (QED) is 0.555. The van der Waals surface area contributed by atoms with Gasteiger partial charge in [0.05, 0.1) is 6.61 Å². The van der Waals surface area contributed by atoms with E-state index >= 15 is 0 Å². The van der Waals surface area contributed by atoms with Crippen LogP contribution in [0.1, 0.15) is 40.5 Å². The lowest BCUT2D eigenvalue weighted by molar-refractivity contribution is 0.212. The minimum Gasteiger partial charge on any atom is -0.331 e. The van der Waals surface area contributed by atoms with Crippen LogP contribution in [0.15, 0.2) is 0 Å². The van der Waals surface area contributed by atoms with Crippen LogP contribution in [-0.2, 0) is 4.52 Å². The third-order valence-electron chi connectivity index (χ3n) is 2.44. The maximum atomic E-state index is 5.60. The molecule has 0 aliphatic carbocycles. The fraction of sp³-hybridized carbons (Fsp3) is 1.00. The van der Waals surface area contributed by atoms with Gasteiger partial charge in [-0.25, -0.2) is 0 Å². The van der Waals surface area contributed by atoms with Crippen molar-refractivity contribution < 1.29 is 4.52 Å². The van der Waals surface area contributed by atoms with E-state index in [-0.39, 0.29) is 0 Å². The fourth-order valence-corrected chi connectivity index (χ4v) is 1.95. The van der Waals surface area contributed by atoms with Gasteiger partial charge in [-0.3, -0.25) is 0 Å². The third kappa shape index (κ3) is 8.29. The normalized spacial score (nSPS) is 14.4. The molecule has 0 saturated carbocycles. The van der Waals surface area contributed by atoms with Crippen LogP contribution in [0.25, 0.3) is 0 Å². The van der Waals surface area contributed by atoms with Crippen LogP contribution in [0.4, 0.5) is 0 Å². The summed E-state index contributed by atoms with van der Waals surface area (Å²) < 4.78 is 5.29. The minimum atomic E-state index is -1.24. The molecule has 0 heterocycles. The average Bonchev–Trinajstić information content (AvgIpc) is 2.02. The van der Waals surface area contributed by atoms with E-state index in [1.165, 1.54) is 12.8 Å². The van der Waals surface area contributed by atoms with E-state index in [0.717, 1.165) is 5.92 Å². The first-order valence-electron chi connectivity index (χ1n) is 5.18. The van der Waals surface area contributed by atoms with Gasteiger partial charge in [-0.15, -0.1) is 0 Å². The molecule has 0 aliphatic heterocycles. The Balaban J connectivity index is 3.78. The first kappa shape index (κ1) is 15.0. The summed E-state index contributed by atoms with van der Waals surface area (Å²) in [6.45, 7) is 8.39. The molecule has 0 radical (unpaired) electrons. The highest BCUT2D eigenvalue weighted by molar-refractivity contribution is 8.00. The lowest BCUT2D eigenvalue weighted by Gasteiger charge is -2.21. The monoisotopic (exact) mass is 258 g/mol. The Kier molecular flexibility index (Phi) is 8.73. The number of halogens is 2. The molecule has 0 aromatic heterocycles. The van der Waals surface area contributed by atoms with Crippen molar-refractivity contribution in [3.8, 4) is 0 Å².